The highest BCUT2D eigenvalue weighted by molar-refractivity contribution is 7.11. The lowest BCUT2D eigenvalue weighted by Crippen LogP contribution is -2.20. The molecule has 1 unspecified atom stereocenters. The van der Waals surface area contributed by atoms with E-state index in [4.69, 9.17) is 4.98 Å². The highest BCUT2D eigenvalue weighted by Gasteiger charge is 2.29. The molecule has 1 fully saturated rings. The van der Waals surface area contributed by atoms with Crippen molar-refractivity contribution in [2.75, 3.05) is 6.54 Å². The van der Waals surface area contributed by atoms with Crippen LogP contribution in [0.4, 0.5) is 0 Å². The lowest BCUT2D eigenvalue weighted by Gasteiger charge is -2.33. The van der Waals surface area contributed by atoms with Crippen molar-refractivity contribution in [3.63, 3.8) is 0 Å². The molecule has 0 amide bonds. The van der Waals surface area contributed by atoms with Crippen LogP contribution in [0.25, 0.3) is 0 Å². The molecular weight excluding hydrogens is 264 g/mol. The maximum atomic E-state index is 4.89. The molecule has 0 spiro atoms. The number of thiazole rings is 1. The van der Waals surface area contributed by atoms with Crippen molar-refractivity contribution in [3.05, 3.63) is 15.6 Å². The van der Waals surface area contributed by atoms with Gasteiger partial charge in [-0.25, -0.2) is 4.98 Å². The van der Waals surface area contributed by atoms with Gasteiger partial charge in [0.15, 0.2) is 0 Å². The minimum Gasteiger partial charge on any atom is -0.309 e. The average molecular weight is 295 g/mol. The minimum absolute atomic E-state index is 0.446. The molecule has 1 aliphatic carbocycles. The van der Waals surface area contributed by atoms with Crippen molar-refractivity contribution < 1.29 is 0 Å². The average Bonchev–Trinajstić information content (AvgIpc) is 2.78. The molecule has 1 heterocycles. The summed E-state index contributed by atoms with van der Waals surface area (Å²) in [6.45, 7) is 12.5. The van der Waals surface area contributed by atoms with E-state index in [0.29, 0.717) is 17.4 Å². The largest absolute Gasteiger partial charge is 0.309 e. The second-order valence-corrected chi connectivity index (χ2v) is 8.18. The molecule has 114 valence electrons. The molecule has 2 rings (SSSR count). The lowest BCUT2D eigenvalue weighted by molar-refractivity contribution is 0.224. The van der Waals surface area contributed by atoms with E-state index in [1.165, 1.54) is 47.7 Å². The third kappa shape index (κ3) is 3.82. The molecule has 2 nitrogen and oxygen atoms in total. The first kappa shape index (κ1) is 16.0. The Labute approximate surface area is 128 Å². The van der Waals surface area contributed by atoms with Crippen molar-refractivity contribution in [2.45, 2.75) is 78.7 Å². The first-order chi connectivity index (χ1) is 9.43. The summed E-state index contributed by atoms with van der Waals surface area (Å²) in [4.78, 5) is 6.33. The van der Waals surface area contributed by atoms with Gasteiger partial charge in [-0.15, -0.1) is 11.3 Å². The Morgan fingerprint density at radius 1 is 1.35 bits per heavy atom. The van der Waals surface area contributed by atoms with Gasteiger partial charge in [0, 0.05) is 16.8 Å². The maximum absolute atomic E-state index is 4.89. The van der Waals surface area contributed by atoms with Gasteiger partial charge in [0.1, 0.15) is 0 Å². The molecule has 1 aliphatic rings. The van der Waals surface area contributed by atoms with Gasteiger partial charge < -0.3 is 5.32 Å². The molecule has 3 heteroatoms. The van der Waals surface area contributed by atoms with Crippen LogP contribution in [0.1, 0.15) is 87.3 Å². The molecule has 0 aromatic carbocycles. The van der Waals surface area contributed by atoms with Gasteiger partial charge in [-0.1, -0.05) is 20.8 Å². The van der Waals surface area contributed by atoms with Crippen LogP contribution >= 0.6 is 11.3 Å². The van der Waals surface area contributed by atoms with Gasteiger partial charge in [0.25, 0.3) is 0 Å². The van der Waals surface area contributed by atoms with Gasteiger partial charge in [-0.05, 0) is 57.9 Å². The molecule has 1 saturated carbocycles. The normalized spacial score (nSPS) is 21.1. The van der Waals surface area contributed by atoms with Crippen LogP contribution in [-0.2, 0) is 0 Å². The number of rotatable bonds is 5. The van der Waals surface area contributed by atoms with Crippen molar-refractivity contribution in [1.82, 2.24) is 10.3 Å². The molecule has 1 aromatic rings. The zero-order valence-electron chi connectivity index (χ0n) is 13.8. The fraction of sp³-hybridized carbons (Fsp3) is 0.824. The van der Waals surface area contributed by atoms with Crippen molar-refractivity contribution >= 4 is 11.3 Å². The molecule has 1 aromatic heterocycles. The van der Waals surface area contributed by atoms with Crippen molar-refractivity contribution in [2.24, 2.45) is 5.41 Å². The van der Waals surface area contributed by atoms with E-state index in [-0.39, 0.29) is 0 Å². The highest BCUT2D eigenvalue weighted by atomic mass is 32.1. The molecule has 1 N–H and O–H groups in total. The quantitative estimate of drug-likeness (QED) is 0.807. The van der Waals surface area contributed by atoms with Crippen molar-refractivity contribution in [1.29, 1.82) is 0 Å². The Balaban J connectivity index is 2.04. The zero-order chi connectivity index (χ0) is 14.8. The summed E-state index contributed by atoms with van der Waals surface area (Å²) in [5.41, 5.74) is 1.78. The predicted octanol–water partition coefficient (Wildman–Crippen LogP) is 5.20. The fourth-order valence-corrected chi connectivity index (χ4v) is 4.37. The van der Waals surface area contributed by atoms with E-state index in [2.05, 4.69) is 39.9 Å². The van der Waals surface area contributed by atoms with E-state index in [1.807, 2.05) is 11.3 Å². The third-order valence-corrected chi connectivity index (χ3v) is 6.13. The van der Waals surface area contributed by atoms with E-state index in [1.54, 1.807) is 0 Å². The highest BCUT2D eigenvalue weighted by Crippen LogP contribution is 2.44. The number of nitrogens with zero attached hydrogens (tertiary/aromatic N) is 1. The van der Waals surface area contributed by atoms with Crippen LogP contribution in [0.2, 0.25) is 0 Å². The fourth-order valence-electron chi connectivity index (χ4n) is 3.11. The summed E-state index contributed by atoms with van der Waals surface area (Å²) in [6, 6.07) is 0.446. The van der Waals surface area contributed by atoms with Crippen LogP contribution in [-0.4, -0.2) is 11.5 Å². The SMILES string of the molecule is CCCNC(C)c1sc(C2CCC(C)(C)CC2)nc1C. The Hall–Kier alpha value is -0.410. The summed E-state index contributed by atoms with van der Waals surface area (Å²) in [6.07, 6.45) is 6.50. The number of nitrogens with one attached hydrogen (secondary N) is 1. The zero-order valence-corrected chi connectivity index (χ0v) is 14.6. The summed E-state index contributed by atoms with van der Waals surface area (Å²) in [7, 11) is 0. The molecular formula is C17H30N2S. The van der Waals surface area contributed by atoms with Crippen LogP contribution in [0.3, 0.4) is 0 Å². The van der Waals surface area contributed by atoms with Gasteiger partial charge in [0.05, 0.1) is 10.7 Å². The number of hydrogen-bond donors (Lipinski definition) is 1. The molecule has 0 bridgehead atoms. The molecule has 0 radical (unpaired) electrons. The molecule has 20 heavy (non-hydrogen) atoms. The minimum atomic E-state index is 0.446. The Kier molecular flexibility index (Phi) is 5.25. The monoisotopic (exact) mass is 294 g/mol. The standard InChI is InChI=1S/C17H30N2S/c1-6-11-18-12(2)15-13(3)19-16(20-15)14-7-9-17(4,5)10-8-14/h12,14,18H,6-11H2,1-5H3. The topological polar surface area (TPSA) is 24.9 Å². The summed E-state index contributed by atoms with van der Waals surface area (Å²) < 4.78 is 0. The van der Waals surface area contributed by atoms with E-state index >= 15 is 0 Å². The summed E-state index contributed by atoms with van der Waals surface area (Å²) >= 11 is 1.95. The Morgan fingerprint density at radius 3 is 2.60 bits per heavy atom. The molecule has 1 atom stereocenters. The van der Waals surface area contributed by atoms with Crippen LogP contribution < -0.4 is 5.32 Å². The van der Waals surface area contributed by atoms with Gasteiger partial charge in [-0.2, -0.15) is 0 Å². The van der Waals surface area contributed by atoms with Crippen molar-refractivity contribution in [3.8, 4) is 0 Å². The Morgan fingerprint density at radius 2 is 2.00 bits per heavy atom. The van der Waals surface area contributed by atoms with Gasteiger partial charge in [0.2, 0.25) is 0 Å². The van der Waals surface area contributed by atoms with Gasteiger partial charge in [-0.3, -0.25) is 0 Å². The predicted molar refractivity (Wildman–Crippen MR) is 88.5 cm³/mol. The van der Waals surface area contributed by atoms with Gasteiger partial charge >= 0.3 is 0 Å². The second kappa shape index (κ2) is 6.57. The molecule has 0 saturated heterocycles. The number of hydrogen-bond acceptors (Lipinski definition) is 3. The second-order valence-electron chi connectivity index (χ2n) is 7.12. The smallest absolute Gasteiger partial charge is 0.0962 e. The third-order valence-electron chi connectivity index (χ3n) is 4.63. The van der Waals surface area contributed by atoms with Crippen LogP contribution in [0, 0.1) is 12.3 Å². The first-order valence-electron chi connectivity index (χ1n) is 8.13. The van der Waals surface area contributed by atoms with Crippen LogP contribution in [0.5, 0.6) is 0 Å². The van der Waals surface area contributed by atoms with E-state index < -0.39 is 0 Å². The first-order valence-corrected chi connectivity index (χ1v) is 8.95. The summed E-state index contributed by atoms with van der Waals surface area (Å²) in [5, 5.41) is 4.98. The number of aromatic nitrogens is 1. The lowest BCUT2D eigenvalue weighted by atomic mass is 9.73. The number of aryl methyl sites for hydroxylation is 1. The molecule has 0 aliphatic heterocycles. The van der Waals surface area contributed by atoms with Crippen LogP contribution in [0.15, 0.2) is 0 Å². The summed E-state index contributed by atoms with van der Waals surface area (Å²) in [5.74, 6) is 0.707. The Bertz CT molecular complexity index is 426. The van der Waals surface area contributed by atoms with E-state index in [0.717, 1.165) is 6.54 Å². The maximum Gasteiger partial charge on any atom is 0.0962 e. The van der Waals surface area contributed by atoms with E-state index in [9.17, 15) is 0 Å².